The molecule has 0 aromatic heterocycles. The van der Waals surface area contributed by atoms with E-state index >= 15 is 0 Å². The highest BCUT2D eigenvalue weighted by molar-refractivity contribution is 5.88. The Morgan fingerprint density at radius 1 is 0.629 bits per heavy atom. The molecule has 0 N–H and O–H groups in total. The number of rotatable bonds is 7. The second kappa shape index (κ2) is 9.47. The van der Waals surface area contributed by atoms with Crippen LogP contribution in [-0.2, 0) is 13.2 Å². The van der Waals surface area contributed by atoms with Gasteiger partial charge in [0.15, 0.2) is 11.5 Å². The van der Waals surface area contributed by atoms with E-state index in [1.807, 2.05) is 91.0 Å². The molecule has 0 aliphatic carbocycles. The van der Waals surface area contributed by atoms with Crippen LogP contribution in [0.1, 0.15) is 22.3 Å². The van der Waals surface area contributed by atoms with Crippen LogP contribution < -0.4 is 23.7 Å². The van der Waals surface area contributed by atoms with Gasteiger partial charge in [-0.25, -0.2) is 0 Å². The van der Waals surface area contributed by atoms with Gasteiger partial charge in [-0.15, -0.1) is 0 Å². The topological polar surface area (TPSA) is 46.2 Å². The van der Waals surface area contributed by atoms with Crippen LogP contribution in [0.3, 0.4) is 0 Å². The van der Waals surface area contributed by atoms with Crippen molar-refractivity contribution in [3.8, 4) is 28.7 Å². The summed E-state index contributed by atoms with van der Waals surface area (Å²) in [5, 5.41) is 0. The van der Waals surface area contributed by atoms with Crippen molar-refractivity contribution in [2.75, 3.05) is 13.4 Å². The van der Waals surface area contributed by atoms with Gasteiger partial charge in [-0.1, -0.05) is 60.7 Å². The summed E-state index contributed by atoms with van der Waals surface area (Å²) < 4.78 is 29.6. The molecule has 5 nitrogen and oxygen atoms in total. The van der Waals surface area contributed by atoms with E-state index in [1.165, 1.54) is 0 Å². The summed E-state index contributed by atoms with van der Waals surface area (Å²) in [5.74, 6) is 3.71. The van der Waals surface area contributed by atoms with E-state index in [-0.39, 0.29) is 6.79 Å². The quantitative estimate of drug-likeness (QED) is 0.312. The zero-order valence-electron chi connectivity index (χ0n) is 19.1. The predicted octanol–water partition coefficient (Wildman–Crippen LogP) is 6.51. The van der Waals surface area contributed by atoms with E-state index in [0.717, 1.165) is 45.1 Å². The minimum atomic E-state index is 0.209. The van der Waals surface area contributed by atoms with Crippen molar-refractivity contribution >= 4 is 11.6 Å². The maximum absolute atomic E-state index is 6.23. The largest absolute Gasteiger partial charge is 0.489 e. The average Bonchev–Trinajstić information content (AvgIpc) is 3.38. The van der Waals surface area contributed by atoms with Gasteiger partial charge in [0.05, 0.1) is 0 Å². The van der Waals surface area contributed by atoms with Crippen molar-refractivity contribution in [1.82, 2.24) is 0 Å². The second-order valence-corrected chi connectivity index (χ2v) is 8.41. The van der Waals surface area contributed by atoms with E-state index in [0.29, 0.717) is 31.3 Å². The lowest BCUT2D eigenvalue weighted by atomic mass is 9.99. The van der Waals surface area contributed by atoms with E-state index in [9.17, 15) is 0 Å². The molecule has 2 aliphatic heterocycles. The van der Waals surface area contributed by atoms with Crippen LogP contribution >= 0.6 is 0 Å². The van der Waals surface area contributed by atoms with Crippen LogP contribution in [0.25, 0.3) is 11.6 Å². The first-order valence-electron chi connectivity index (χ1n) is 11.6. The Balaban J connectivity index is 1.25. The van der Waals surface area contributed by atoms with Gasteiger partial charge in [0.1, 0.15) is 37.1 Å². The van der Waals surface area contributed by atoms with E-state index < -0.39 is 0 Å². The van der Waals surface area contributed by atoms with Gasteiger partial charge in [0.2, 0.25) is 6.79 Å². The summed E-state index contributed by atoms with van der Waals surface area (Å²) in [6, 6.07) is 30.0. The van der Waals surface area contributed by atoms with Gasteiger partial charge in [-0.3, -0.25) is 0 Å². The maximum Gasteiger partial charge on any atom is 0.231 e. The molecule has 0 saturated heterocycles. The zero-order chi connectivity index (χ0) is 23.5. The fraction of sp³-hybridized carbons (Fsp3) is 0.133. The lowest BCUT2D eigenvalue weighted by molar-refractivity contribution is 0.173. The molecule has 0 amide bonds. The van der Waals surface area contributed by atoms with Crippen molar-refractivity contribution in [3.63, 3.8) is 0 Å². The second-order valence-electron chi connectivity index (χ2n) is 8.41. The molecule has 35 heavy (non-hydrogen) atoms. The average molecular weight is 465 g/mol. The Hall–Kier alpha value is -4.38. The van der Waals surface area contributed by atoms with Gasteiger partial charge in [-0.05, 0) is 35.4 Å². The molecule has 0 unspecified atom stereocenters. The number of fused-ring (bicyclic) bond motifs is 2. The van der Waals surface area contributed by atoms with E-state index in [4.69, 9.17) is 23.7 Å². The summed E-state index contributed by atoms with van der Waals surface area (Å²) in [4.78, 5) is 0. The summed E-state index contributed by atoms with van der Waals surface area (Å²) in [6.45, 7) is 1.60. The lowest BCUT2D eigenvalue weighted by Gasteiger charge is -2.21. The number of benzene rings is 4. The molecular formula is C30H24O5. The highest BCUT2D eigenvalue weighted by Crippen LogP contribution is 2.43. The van der Waals surface area contributed by atoms with Gasteiger partial charge >= 0.3 is 0 Å². The number of hydrogen-bond donors (Lipinski definition) is 0. The summed E-state index contributed by atoms with van der Waals surface area (Å²) in [5.41, 5.74) is 5.15. The molecule has 0 bridgehead atoms. The molecule has 6 rings (SSSR count). The normalized spacial score (nSPS) is 13.4. The summed E-state index contributed by atoms with van der Waals surface area (Å²) in [7, 11) is 0. The Labute approximate surface area is 204 Å². The molecular weight excluding hydrogens is 440 g/mol. The maximum atomic E-state index is 6.23. The third kappa shape index (κ3) is 4.66. The van der Waals surface area contributed by atoms with E-state index in [1.54, 1.807) is 0 Å². The SMILES string of the molecule is C1=C(c2cc3c(cc2OCc2ccccc2)OCO3)COc2cc(OCc3ccccc3)ccc21. The highest BCUT2D eigenvalue weighted by Gasteiger charge is 2.23. The molecule has 2 heterocycles. The first-order chi connectivity index (χ1) is 17.3. The standard InChI is InChI=1S/C30H24O5/c1-3-7-21(8-4-1)17-31-25-12-11-23-13-24(19-33-27(23)14-25)26-15-29-30(35-20-34-29)16-28(26)32-18-22-9-5-2-6-10-22/h1-16H,17-20H2. The highest BCUT2D eigenvalue weighted by atomic mass is 16.7. The minimum absolute atomic E-state index is 0.209. The van der Waals surface area contributed by atoms with Crippen LogP contribution in [0.15, 0.2) is 91.0 Å². The number of hydrogen-bond acceptors (Lipinski definition) is 5. The third-order valence-electron chi connectivity index (χ3n) is 6.00. The smallest absolute Gasteiger partial charge is 0.231 e. The fourth-order valence-corrected chi connectivity index (χ4v) is 4.16. The van der Waals surface area contributed by atoms with Crippen molar-refractivity contribution in [3.05, 3.63) is 113 Å². The van der Waals surface area contributed by atoms with Crippen molar-refractivity contribution in [2.45, 2.75) is 13.2 Å². The van der Waals surface area contributed by atoms with Crippen LogP contribution in [0.5, 0.6) is 28.7 Å². The fourth-order valence-electron chi connectivity index (χ4n) is 4.16. The Morgan fingerprint density at radius 2 is 1.31 bits per heavy atom. The molecule has 174 valence electrons. The summed E-state index contributed by atoms with van der Waals surface area (Å²) >= 11 is 0. The molecule has 0 atom stereocenters. The predicted molar refractivity (Wildman–Crippen MR) is 134 cm³/mol. The van der Waals surface area contributed by atoms with Crippen LogP contribution in [0.2, 0.25) is 0 Å². The van der Waals surface area contributed by atoms with Gasteiger partial charge in [-0.2, -0.15) is 0 Å². The number of ether oxygens (including phenoxy) is 5. The van der Waals surface area contributed by atoms with Crippen molar-refractivity contribution in [2.24, 2.45) is 0 Å². The van der Waals surface area contributed by atoms with Gasteiger partial charge in [0, 0.05) is 28.8 Å². The molecule has 5 heteroatoms. The van der Waals surface area contributed by atoms with Crippen LogP contribution in [0.4, 0.5) is 0 Å². The first kappa shape index (κ1) is 21.2. The lowest BCUT2D eigenvalue weighted by Crippen LogP contribution is -2.08. The minimum Gasteiger partial charge on any atom is -0.489 e. The summed E-state index contributed by atoms with van der Waals surface area (Å²) in [6.07, 6.45) is 2.13. The molecule has 2 aliphatic rings. The molecule has 4 aromatic rings. The zero-order valence-corrected chi connectivity index (χ0v) is 19.1. The molecule has 4 aromatic carbocycles. The van der Waals surface area contributed by atoms with Crippen molar-refractivity contribution < 1.29 is 23.7 Å². The van der Waals surface area contributed by atoms with Crippen LogP contribution in [0, 0.1) is 0 Å². The monoisotopic (exact) mass is 464 g/mol. The van der Waals surface area contributed by atoms with Gasteiger partial charge in [0.25, 0.3) is 0 Å². The Bertz CT molecular complexity index is 1360. The Morgan fingerprint density at radius 3 is 2.06 bits per heavy atom. The van der Waals surface area contributed by atoms with E-state index in [2.05, 4.69) is 6.08 Å². The molecule has 0 radical (unpaired) electrons. The molecule has 0 fully saturated rings. The van der Waals surface area contributed by atoms with Crippen LogP contribution in [-0.4, -0.2) is 13.4 Å². The third-order valence-corrected chi connectivity index (χ3v) is 6.00. The molecule has 0 saturated carbocycles. The Kier molecular flexibility index (Phi) is 5.73. The van der Waals surface area contributed by atoms with Gasteiger partial charge < -0.3 is 23.7 Å². The van der Waals surface area contributed by atoms with Crippen molar-refractivity contribution in [1.29, 1.82) is 0 Å². The first-order valence-corrected chi connectivity index (χ1v) is 11.6. The molecule has 0 spiro atoms.